The second-order valence-corrected chi connectivity index (χ2v) is 13.7. The number of rotatable bonds is 4. The highest BCUT2D eigenvalue weighted by molar-refractivity contribution is 6.27. The fraction of sp³-hybridized carbons (Fsp3) is 0. The molecule has 56 heavy (non-hydrogen) atoms. The maximum Gasteiger partial charge on any atom is 0.238 e. The third-order valence-corrected chi connectivity index (χ3v) is 10.7. The molecule has 0 amide bonds. The second-order valence-electron chi connectivity index (χ2n) is 13.7. The van der Waals surface area contributed by atoms with Crippen LogP contribution in [0.5, 0.6) is 0 Å². The van der Waals surface area contributed by atoms with E-state index >= 15 is 0 Å². The van der Waals surface area contributed by atoms with Gasteiger partial charge in [0, 0.05) is 38.4 Å². The van der Waals surface area contributed by atoms with Crippen molar-refractivity contribution >= 4 is 75.9 Å². The topological polar surface area (TPSA) is 48.5 Å². The largest absolute Gasteiger partial charge is 0.307 e. The van der Waals surface area contributed by atoms with Crippen LogP contribution in [0.15, 0.2) is 188 Å². The van der Waals surface area contributed by atoms with Gasteiger partial charge in [0.05, 0.1) is 35.8 Å². The molecule has 0 aliphatic rings. The zero-order valence-electron chi connectivity index (χ0n) is 39.4. The molecule has 260 valence electrons. The first-order valence-corrected chi connectivity index (χ1v) is 18.1. The Hall–Kier alpha value is -7.63. The third-order valence-electron chi connectivity index (χ3n) is 10.7. The lowest BCUT2D eigenvalue weighted by molar-refractivity contribution is 0.953. The summed E-state index contributed by atoms with van der Waals surface area (Å²) in [5.74, 6) is -0.753. The van der Waals surface area contributed by atoms with Crippen molar-refractivity contribution in [3.8, 4) is 34.4 Å². The summed E-state index contributed by atoms with van der Waals surface area (Å²) < 4.78 is 90.5. The first kappa shape index (κ1) is 22.6. The highest BCUT2D eigenvalue weighted by atomic mass is 15.2. The molecule has 9 aromatic carbocycles. The third kappa shape index (κ3) is 4.46. The van der Waals surface area contributed by atoms with Gasteiger partial charge in [0.2, 0.25) is 5.95 Å². The van der Waals surface area contributed by atoms with Gasteiger partial charge in [0.25, 0.3) is 0 Å². The van der Waals surface area contributed by atoms with E-state index in [1.807, 2.05) is 47.0 Å². The summed E-state index contributed by atoms with van der Waals surface area (Å²) in [6, 6.07) is 37.3. The Bertz CT molecular complexity index is 3960. The van der Waals surface area contributed by atoms with Gasteiger partial charge < -0.3 is 4.57 Å². The van der Waals surface area contributed by atoms with Crippen molar-refractivity contribution in [3.63, 3.8) is 0 Å². The monoisotopic (exact) mass is 723 g/mol. The molecule has 0 N–H and O–H groups in total. The number of hydrogen-bond donors (Lipinski definition) is 0. The van der Waals surface area contributed by atoms with Gasteiger partial charge in [0.1, 0.15) is 0 Å². The number of fused-ring (bicyclic) bond motifs is 13. The van der Waals surface area contributed by atoms with Crippen LogP contribution < -0.4 is 0 Å². The molecule has 5 heteroatoms. The van der Waals surface area contributed by atoms with Crippen LogP contribution in [0.3, 0.4) is 0 Å². The van der Waals surface area contributed by atoms with E-state index in [-0.39, 0.29) is 28.7 Å². The maximum absolute atomic E-state index is 8.94. The van der Waals surface area contributed by atoms with Crippen LogP contribution in [0.1, 0.15) is 13.7 Å². The van der Waals surface area contributed by atoms with E-state index in [1.165, 1.54) is 5.39 Å². The molecular formula is C51H31N5. The minimum Gasteiger partial charge on any atom is -0.307 e. The van der Waals surface area contributed by atoms with Crippen molar-refractivity contribution in [1.82, 2.24) is 24.1 Å². The smallest absolute Gasteiger partial charge is 0.238 e. The Morgan fingerprint density at radius 1 is 0.357 bits per heavy atom. The number of hydrogen-bond acceptors (Lipinski definition) is 3. The summed E-state index contributed by atoms with van der Waals surface area (Å²) in [7, 11) is 0. The van der Waals surface area contributed by atoms with Crippen LogP contribution in [0.4, 0.5) is 0 Å². The maximum atomic E-state index is 8.94. The first-order chi connectivity index (χ1) is 31.9. The number of aromatic nitrogens is 5. The van der Waals surface area contributed by atoms with Crippen molar-refractivity contribution in [1.29, 1.82) is 0 Å². The molecule has 12 rings (SSSR count). The minimum absolute atomic E-state index is 0.0693. The predicted octanol–water partition coefficient (Wildman–Crippen LogP) is 12.9. The summed E-state index contributed by atoms with van der Waals surface area (Å²) in [4.78, 5) is 14.4. The average molecular weight is 724 g/mol. The van der Waals surface area contributed by atoms with Gasteiger partial charge in [0.15, 0.2) is 11.6 Å². The van der Waals surface area contributed by atoms with Crippen LogP contribution >= 0.6 is 0 Å². The second kappa shape index (κ2) is 11.9. The Morgan fingerprint density at radius 3 is 1.30 bits per heavy atom. The summed E-state index contributed by atoms with van der Waals surface area (Å²) >= 11 is 0. The lowest BCUT2D eigenvalue weighted by Crippen LogP contribution is -2.07. The average Bonchev–Trinajstić information content (AvgIpc) is 3.87. The molecule has 0 aliphatic carbocycles. The van der Waals surface area contributed by atoms with Gasteiger partial charge in [-0.3, -0.25) is 4.57 Å². The summed E-state index contributed by atoms with van der Waals surface area (Å²) in [6.45, 7) is 0. The van der Waals surface area contributed by atoms with Crippen LogP contribution in [-0.4, -0.2) is 24.1 Å². The fourth-order valence-corrected chi connectivity index (χ4v) is 8.42. The van der Waals surface area contributed by atoms with E-state index < -0.39 is 60.4 Å². The normalized spacial score (nSPS) is 14.4. The molecule has 0 saturated heterocycles. The zero-order chi connectivity index (χ0) is 45.4. The van der Waals surface area contributed by atoms with Crippen LogP contribution in [-0.2, 0) is 0 Å². The fourth-order valence-electron chi connectivity index (χ4n) is 8.42. The quantitative estimate of drug-likeness (QED) is 0.170. The van der Waals surface area contributed by atoms with E-state index in [4.69, 9.17) is 23.7 Å². The molecule has 0 fully saturated rings. The molecule has 5 nitrogen and oxygen atoms in total. The van der Waals surface area contributed by atoms with Crippen molar-refractivity contribution < 1.29 is 13.7 Å². The Balaban J connectivity index is 1.25. The molecule has 0 unspecified atom stereocenters. The molecule has 3 heterocycles. The van der Waals surface area contributed by atoms with Crippen molar-refractivity contribution in [2.45, 2.75) is 0 Å². The van der Waals surface area contributed by atoms with E-state index in [2.05, 4.69) is 94.5 Å². The highest BCUT2D eigenvalue weighted by Gasteiger charge is 2.24. The standard InChI is InChI=1S/C51H31N5/c1-3-15-32(16-4-1)49-52-50(33-17-5-2-6-18-33)54-51(53-49)56-46-26-14-12-24-41(46)43-30-29-42-40-23-11-13-25-45(40)55(47(42)48(43)56)34-27-28-39-37-21-8-7-19-35(37)36-20-9-10-22-38(36)44(39)31-34/h1-31H/i1D,2D,3D,4D,5D,6D,15D,16D,17D,18D. The molecule has 0 aliphatic heterocycles. The number of para-hydroxylation sites is 2. The van der Waals surface area contributed by atoms with Gasteiger partial charge in [-0.15, -0.1) is 0 Å². The lowest BCUT2D eigenvalue weighted by atomic mass is 9.94. The van der Waals surface area contributed by atoms with Crippen molar-refractivity contribution in [2.24, 2.45) is 0 Å². The molecular weight excluding hydrogens is 683 g/mol. The molecule has 0 atom stereocenters. The van der Waals surface area contributed by atoms with Crippen molar-refractivity contribution in [3.05, 3.63) is 188 Å². The SMILES string of the molecule is [2H]c1c([2H])c([2H])c(-c2nc(-c3c([2H])c([2H])c([2H])c([2H])c3[2H])nc(-n3c4ccccc4c4ccc5c6ccccc6n(-c6ccc7c8ccccc8c8ccccc8c7c6)c5c43)n2)c([2H])c1[2H]. The Morgan fingerprint density at radius 2 is 0.768 bits per heavy atom. The van der Waals surface area contributed by atoms with Crippen LogP contribution in [0, 0.1) is 0 Å². The predicted molar refractivity (Wildman–Crippen MR) is 232 cm³/mol. The van der Waals surface area contributed by atoms with Crippen LogP contribution in [0.25, 0.3) is 110 Å². The van der Waals surface area contributed by atoms with Gasteiger partial charge in [-0.05, 0) is 56.6 Å². The molecule has 0 spiro atoms. The van der Waals surface area contributed by atoms with E-state index in [0.29, 0.717) is 11.0 Å². The summed E-state index contributed by atoms with van der Waals surface area (Å²) in [6.07, 6.45) is 0. The molecule has 0 saturated carbocycles. The Labute approximate surface area is 335 Å². The number of nitrogens with zero attached hydrogens (tertiary/aromatic N) is 5. The van der Waals surface area contributed by atoms with E-state index in [1.54, 1.807) is 0 Å². The highest BCUT2D eigenvalue weighted by Crippen LogP contribution is 2.43. The first-order valence-electron chi connectivity index (χ1n) is 23.1. The van der Waals surface area contributed by atoms with Gasteiger partial charge >= 0.3 is 0 Å². The van der Waals surface area contributed by atoms with Crippen molar-refractivity contribution in [2.75, 3.05) is 0 Å². The van der Waals surface area contributed by atoms with Gasteiger partial charge in [-0.2, -0.15) is 9.97 Å². The lowest BCUT2D eigenvalue weighted by Gasteiger charge is -2.15. The minimum atomic E-state index is -0.614. The van der Waals surface area contributed by atoms with E-state index in [0.717, 1.165) is 65.2 Å². The molecule has 3 aromatic heterocycles. The van der Waals surface area contributed by atoms with Crippen LogP contribution in [0.2, 0.25) is 0 Å². The zero-order valence-corrected chi connectivity index (χ0v) is 29.4. The Kier molecular flexibility index (Phi) is 4.81. The van der Waals surface area contributed by atoms with Gasteiger partial charge in [-0.1, -0.05) is 164 Å². The number of benzene rings is 9. The van der Waals surface area contributed by atoms with Gasteiger partial charge in [-0.25, -0.2) is 4.98 Å². The molecule has 0 radical (unpaired) electrons. The summed E-state index contributed by atoms with van der Waals surface area (Å²) in [5.41, 5.74) is 3.24. The molecule has 12 aromatic rings. The van der Waals surface area contributed by atoms with E-state index in [9.17, 15) is 0 Å². The summed E-state index contributed by atoms with van der Waals surface area (Å²) in [5, 5.41) is 10.3. The molecule has 0 bridgehead atoms.